The van der Waals surface area contributed by atoms with E-state index in [2.05, 4.69) is 15.2 Å². The highest BCUT2D eigenvalue weighted by molar-refractivity contribution is 7.89. The van der Waals surface area contributed by atoms with Gasteiger partial charge in [-0.25, -0.2) is 13.4 Å². The van der Waals surface area contributed by atoms with Gasteiger partial charge in [0.1, 0.15) is 5.82 Å². The number of hydrogen-bond acceptors (Lipinski definition) is 5. The summed E-state index contributed by atoms with van der Waals surface area (Å²) in [6, 6.07) is 3.89. The fourth-order valence-corrected chi connectivity index (χ4v) is 4.18. The van der Waals surface area contributed by atoms with E-state index in [1.165, 1.54) is 12.8 Å². The maximum Gasteiger partial charge on any atom is 0.243 e. The van der Waals surface area contributed by atoms with Gasteiger partial charge in [-0.3, -0.25) is 4.90 Å². The van der Waals surface area contributed by atoms with Crippen molar-refractivity contribution in [1.29, 1.82) is 0 Å². The average molecular weight is 310 g/mol. The predicted molar refractivity (Wildman–Crippen MR) is 81.8 cm³/mol. The van der Waals surface area contributed by atoms with E-state index in [1.54, 1.807) is 22.6 Å². The van der Waals surface area contributed by atoms with Crippen LogP contribution >= 0.6 is 0 Å². The van der Waals surface area contributed by atoms with Crippen molar-refractivity contribution in [3.8, 4) is 0 Å². The molecule has 1 aromatic rings. The minimum atomic E-state index is -3.40. The maximum absolute atomic E-state index is 12.7. The number of nitrogens with one attached hydrogen (secondary N) is 1. The zero-order valence-corrected chi connectivity index (χ0v) is 13.1. The van der Waals surface area contributed by atoms with E-state index in [9.17, 15) is 8.42 Å². The van der Waals surface area contributed by atoms with Crippen molar-refractivity contribution >= 4 is 15.8 Å². The van der Waals surface area contributed by atoms with Crippen molar-refractivity contribution in [3.05, 3.63) is 18.3 Å². The van der Waals surface area contributed by atoms with E-state index < -0.39 is 10.0 Å². The van der Waals surface area contributed by atoms with E-state index in [1.807, 2.05) is 6.92 Å². The van der Waals surface area contributed by atoms with Gasteiger partial charge in [-0.05, 0) is 25.8 Å². The Kier molecular flexibility index (Phi) is 4.14. The van der Waals surface area contributed by atoms with Crippen molar-refractivity contribution < 1.29 is 8.42 Å². The molecule has 0 bridgehead atoms. The van der Waals surface area contributed by atoms with Crippen LogP contribution in [0.1, 0.15) is 19.8 Å². The Bertz CT molecular complexity index is 593. The summed E-state index contributed by atoms with van der Waals surface area (Å²) in [4.78, 5) is 6.86. The predicted octanol–water partition coefficient (Wildman–Crippen LogP) is 0.982. The second-order valence-corrected chi connectivity index (χ2v) is 7.52. The molecule has 0 unspecified atom stereocenters. The van der Waals surface area contributed by atoms with E-state index >= 15 is 0 Å². The zero-order valence-electron chi connectivity index (χ0n) is 12.3. The highest BCUT2D eigenvalue weighted by Crippen LogP contribution is 2.28. The lowest BCUT2D eigenvalue weighted by atomic mass is 10.3. The molecule has 0 amide bonds. The van der Waals surface area contributed by atoms with Crippen LogP contribution < -0.4 is 5.32 Å². The molecule has 116 valence electrons. The summed E-state index contributed by atoms with van der Waals surface area (Å²) < 4.78 is 27.0. The van der Waals surface area contributed by atoms with Crippen LogP contribution in [-0.2, 0) is 10.0 Å². The fraction of sp³-hybridized carbons (Fsp3) is 0.643. The monoisotopic (exact) mass is 310 g/mol. The Morgan fingerprint density at radius 3 is 2.62 bits per heavy atom. The van der Waals surface area contributed by atoms with Crippen molar-refractivity contribution in [3.63, 3.8) is 0 Å². The molecule has 1 N–H and O–H groups in total. The highest BCUT2D eigenvalue weighted by atomic mass is 32.2. The summed E-state index contributed by atoms with van der Waals surface area (Å²) in [5, 5.41) is 3.05. The highest BCUT2D eigenvalue weighted by Gasteiger charge is 2.34. The molecule has 1 saturated heterocycles. The van der Waals surface area contributed by atoms with Gasteiger partial charge in [0, 0.05) is 51.0 Å². The second-order valence-electron chi connectivity index (χ2n) is 5.58. The molecule has 21 heavy (non-hydrogen) atoms. The standard InChI is InChI=1S/C14H22N4O2S/c1-2-15-14-11-13(5-6-16-14)21(19,20)18-9-7-17(8-10-18)12-3-4-12/h5-6,11-12H,2-4,7-10H2,1H3,(H,15,16). The molecular weight excluding hydrogens is 288 g/mol. The molecule has 1 aliphatic heterocycles. The quantitative estimate of drug-likeness (QED) is 0.878. The third-order valence-corrected chi connectivity index (χ3v) is 5.96. The number of hydrogen-bond donors (Lipinski definition) is 1. The smallest absolute Gasteiger partial charge is 0.243 e. The number of rotatable bonds is 5. The van der Waals surface area contributed by atoms with Crippen LogP contribution in [0.25, 0.3) is 0 Å². The number of pyridine rings is 1. The SMILES string of the molecule is CCNc1cc(S(=O)(=O)N2CCN(C3CC3)CC2)ccn1. The Labute approximate surface area is 126 Å². The van der Waals surface area contributed by atoms with Gasteiger partial charge < -0.3 is 5.32 Å². The van der Waals surface area contributed by atoms with Crippen LogP contribution in [0, 0.1) is 0 Å². The van der Waals surface area contributed by atoms with E-state index in [0.717, 1.165) is 19.6 Å². The minimum absolute atomic E-state index is 0.327. The molecule has 2 aliphatic rings. The maximum atomic E-state index is 12.7. The van der Waals surface area contributed by atoms with Crippen molar-refractivity contribution in [2.75, 3.05) is 38.0 Å². The average Bonchev–Trinajstić information content (AvgIpc) is 3.33. The molecule has 1 aliphatic carbocycles. The van der Waals surface area contributed by atoms with Gasteiger partial charge in [0.2, 0.25) is 10.0 Å². The molecular formula is C14H22N4O2S. The van der Waals surface area contributed by atoms with Crippen LogP contribution in [-0.4, -0.2) is 61.4 Å². The zero-order chi connectivity index (χ0) is 14.9. The first-order chi connectivity index (χ1) is 10.1. The molecule has 1 aromatic heterocycles. The summed E-state index contributed by atoms with van der Waals surface area (Å²) in [5.74, 6) is 0.607. The van der Waals surface area contributed by atoms with Gasteiger partial charge in [0.25, 0.3) is 0 Å². The third-order valence-electron chi connectivity index (χ3n) is 4.06. The molecule has 0 atom stereocenters. The van der Waals surface area contributed by atoms with Crippen LogP contribution in [0.3, 0.4) is 0 Å². The number of nitrogens with zero attached hydrogens (tertiary/aromatic N) is 3. The summed E-state index contributed by atoms with van der Waals surface area (Å²) in [7, 11) is -3.40. The van der Waals surface area contributed by atoms with Gasteiger partial charge >= 0.3 is 0 Å². The molecule has 0 radical (unpaired) electrons. The summed E-state index contributed by atoms with van der Waals surface area (Å²) >= 11 is 0. The van der Waals surface area contributed by atoms with Crippen LogP contribution in [0.15, 0.2) is 23.2 Å². The third kappa shape index (κ3) is 3.20. The van der Waals surface area contributed by atoms with Crippen LogP contribution in [0.2, 0.25) is 0 Å². The lowest BCUT2D eigenvalue weighted by molar-refractivity contribution is 0.180. The van der Waals surface area contributed by atoms with Gasteiger partial charge in [-0.2, -0.15) is 4.31 Å². The van der Waals surface area contributed by atoms with Gasteiger partial charge in [0.05, 0.1) is 4.90 Å². The topological polar surface area (TPSA) is 65.5 Å². The summed E-state index contributed by atoms with van der Waals surface area (Å²) in [5.41, 5.74) is 0. The number of anilines is 1. The van der Waals surface area contributed by atoms with Gasteiger partial charge in [0.15, 0.2) is 0 Å². The van der Waals surface area contributed by atoms with Crippen molar-refractivity contribution in [2.24, 2.45) is 0 Å². The van der Waals surface area contributed by atoms with Crippen molar-refractivity contribution in [2.45, 2.75) is 30.7 Å². The lowest BCUT2D eigenvalue weighted by Gasteiger charge is -2.34. The first-order valence-corrected chi connectivity index (χ1v) is 8.99. The molecule has 7 heteroatoms. The molecule has 2 fully saturated rings. The summed E-state index contributed by atoms with van der Waals surface area (Å²) in [6.07, 6.45) is 4.08. The first-order valence-electron chi connectivity index (χ1n) is 7.55. The Morgan fingerprint density at radius 1 is 1.29 bits per heavy atom. The lowest BCUT2D eigenvalue weighted by Crippen LogP contribution is -2.49. The second kappa shape index (κ2) is 5.90. The fourth-order valence-electron chi connectivity index (χ4n) is 2.75. The van der Waals surface area contributed by atoms with E-state index in [0.29, 0.717) is 29.8 Å². The molecule has 1 saturated carbocycles. The van der Waals surface area contributed by atoms with Gasteiger partial charge in [-0.1, -0.05) is 0 Å². The van der Waals surface area contributed by atoms with Crippen LogP contribution in [0.4, 0.5) is 5.82 Å². The van der Waals surface area contributed by atoms with E-state index in [-0.39, 0.29) is 0 Å². The van der Waals surface area contributed by atoms with Crippen LogP contribution in [0.5, 0.6) is 0 Å². The largest absolute Gasteiger partial charge is 0.370 e. The van der Waals surface area contributed by atoms with Gasteiger partial charge in [-0.15, -0.1) is 0 Å². The molecule has 3 rings (SSSR count). The normalized spacial score (nSPS) is 21.4. The first kappa shape index (κ1) is 14.7. The Balaban J connectivity index is 1.72. The molecule has 2 heterocycles. The molecule has 0 spiro atoms. The molecule has 0 aromatic carbocycles. The Hall–Kier alpha value is -1.18. The summed E-state index contributed by atoms with van der Waals surface area (Å²) in [6.45, 7) is 5.52. The minimum Gasteiger partial charge on any atom is -0.370 e. The number of piperazine rings is 1. The number of sulfonamides is 1. The molecule has 6 nitrogen and oxygen atoms in total. The van der Waals surface area contributed by atoms with Crippen molar-refractivity contribution in [1.82, 2.24) is 14.2 Å². The van der Waals surface area contributed by atoms with E-state index in [4.69, 9.17) is 0 Å². The number of aromatic nitrogens is 1. The Morgan fingerprint density at radius 2 is 2.00 bits per heavy atom.